The van der Waals surface area contributed by atoms with E-state index in [0.717, 1.165) is 0 Å². The zero-order valence-electron chi connectivity index (χ0n) is 25.1. The van der Waals surface area contributed by atoms with E-state index >= 15 is 0 Å². The van der Waals surface area contributed by atoms with Gasteiger partial charge in [0.25, 0.3) is 0 Å². The summed E-state index contributed by atoms with van der Waals surface area (Å²) < 4.78 is 0. The van der Waals surface area contributed by atoms with E-state index in [1.807, 2.05) is 0 Å². The molecule has 11 nitrogen and oxygen atoms in total. The Balaban J connectivity index is 0.000000203. The zero-order valence-corrected chi connectivity index (χ0v) is 28.1. The van der Waals surface area contributed by atoms with Crippen LogP contribution in [-0.2, 0) is 14.4 Å². The Morgan fingerprint density at radius 2 is 0.796 bits per heavy atom. The number of hydrogen-bond donors (Lipinski definition) is 4. The fourth-order valence-corrected chi connectivity index (χ4v) is 5.25. The molecular formula is C34H24Cl4N4O7. The van der Waals surface area contributed by atoms with Gasteiger partial charge in [-0.1, -0.05) is 48.5 Å². The fraction of sp³-hybridized carbons (Fsp3) is 0.0882. The van der Waals surface area contributed by atoms with Gasteiger partial charge in [-0.2, -0.15) is 0 Å². The van der Waals surface area contributed by atoms with Gasteiger partial charge in [0.05, 0.1) is 39.5 Å². The molecule has 0 heterocycles. The molecule has 0 saturated heterocycles. The number of anilines is 4. The highest BCUT2D eigenvalue weighted by molar-refractivity contribution is 6.67. The van der Waals surface area contributed by atoms with Crippen molar-refractivity contribution in [2.24, 2.45) is 0 Å². The lowest BCUT2D eigenvalue weighted by atomic mass is 9.82. The van der Waals surface area contributed by atoms with E-state index in [1.54, 1.807) is 48.5 Å². The number of fused-ring (bicyclic) bond motifs is 4. The van der Waals surface area contributed by atoms with E-state index in [4.69, 9.17) is 57.9 Å². The maximum atomic E-state index is 13.1. The number of rotatable bonds is 5. The first-order valence-corrected chi connectivity index (χ1v) is 16.0. The molecule has 15 heteroatoms. The molecule has 0 aromatic heterocycles. The van der Waals surface area contributed by atoms with Gasteiger partial charge in [0.1, 0.15) is 11.8 Å². The Kier molecular flexibility index (Phi) is 11.9. The van der Waals surface area contributed by atoms with Crippen LogP contribution < -0.4 is 22.1 Å². The van der Waals surface area contributed by atoms with Crippen LogP contribution in [0.5, 0.6) is 0 Å². The van der Waals surface area contributed by atoms with Crippen molar-refractivity contribution in [1.82, 2.24) is 0 Å². The molecule has 4 aromatic carbocycles. The number of hydrogen-bond acceptors (Lipinski definition) is 9. The number of carbonyl (C=O) groups is 7. The molecular weight excluding hydrogens is 718 g/mol. The van der Waals surface area contributed by atoms with E-state index in [-0.39, 0.29) is 79.7 Å². The summed E-state index contributed by atoms with van der Waals surface area (Å²) in [7, 11) is 0. The minimum absolute atomic E-state index is 0.0658. The van der Waals surface area contributed by atoms with Crippen LogP contribution in [0.3, 0.4) is 0 Å². The number of alkyl halides is 3. The highest BCUT2D eigenvalue weighted by Crippen LogP contribution is 2.36. The highest BCUT2D eigenvalue weighted by Gasteiger charge is 2.34. The molecule has 0 radical (unpaired) electrons. The SMILES string of the molecule is Nc1cccc2c1C(=O)c1c(N)cccc1C2=O.O=C(CCl)Nc1cccc2c1C(=O)c1c(NC(=O)CCl)cccc1C2=O.O=C(Cl)CCl. The Hall–Kier alpha value is -5.07. The van der Waals surface area contributed by atoms with Crippen molar-refractivity contribution in [1.29, 1.82) is 0 Å². The number of nitrogen functional groups attached to an aromatic ring is 2. The molecule has 0 unspecified atom stereocenters. The molecule has 6 rings (SSSR count). The van der Waals surface area contributed by atoms with E-state index in [0.29, 0.717) is 22.5 Å². The molecule has 49 heavy (non-hydrogen) atoms. The fourth-order valence-electron chi connectivity index (χ4n) is 5.11. The van der Waals surface area contributed by atoms with Crippen LogP contribution >= 0.6 is 46.4 Å². The van der Waals surface area contributed by atoms with Gasteiger partial charge in [-0.15, -0.1) is 34.8 Å². The summed E-state index contributed by atoms with van der Waals surface area (Å²) in [6, 6.07) is 18.9. The first kappa shape index (κ1) is 36.8. The second-order valence-corrected chi connectivity index (χ2v) is 11.4. The standard InChI is InChI=1S/C18H12Cl2N2O4.C14H10N2O2.C2H2Cl2O/c19-7-13(23)21-11-5-1-3-9-15(11)18(26)16-10(17(9)25)4-2-6-12(16)22-14(24)8-20;15-9-5-1-3-7-11(9)14(18)12-8(13(7)17)4-2-6-10(12)16;3-1-2(4)5/h1-6H,7-8H2,(H,21,23)(H,22,24);1-6H,15-16H2;1H2. The summed E-state index contributed by atoms with van der Waals surface area (Å²) in [5, 5.41) is 4.53. The van der Waals surface area contributed by atoms with Crippen LogP contribution in [0.1, 0.15) is 63.7 Å². The summed E-state index contributed by atoms with van der Waals surface area (Å²) in [6.07, 6.45) is 0. The van der Waals surface area contributed by atoms with Crippen LogP contribution in [0.25, 0.3) is 0 Å². The topological polar surface area (TPSA) is 196 Å². The molecule has 4 aromatic rings. The monoisotopic (exact) mass is 740 g/mol. The number of ketones is 4. The van der Waals surface area contributed by atoms with Gasteiger partial charge in [0.15, 0.2) is 23.1 Å². The van der Waals surface area contributed by atoms with Crippen molar-refractivity contribution in [2.45, 2.75) is 0 Å². The van der Waals surface area contributed by atoms with Crippen molar-refractivity contribution in [3.05, 3.63) is 117 Å². The van der Waals surface area contributed by atoms with Gasteiger partial charge >= 0.3 is 0 Å². The molecule has 0 fully saturated rings. The minimum atomic E-state index is -0.508. The first-order valence-electron chi connectivity index (χ1n) is 14.0. The van der Waals surface area contributed by atoms with Crippen molar-refractivity contribution in [2.75, 3.05) is 39.7 Å². The molecule has 0 spiro atoms. The van der Waals surface area contributed by atoms with Gasteiger partial charge in [0.2, 0.25) is 17.1 Å². The van der Waals surface area contributed by atoms with Crippen LogP contribution in [0, 0.1) is 0 Å². The molecule has 0 saturated carbocycles. The molecule has 0 aliphatic heterocycles. The predicted octanol–water partition coefficient (Wildman–Crippen LogP) is 5.43. The minimum Gasteiger partial charge on any atom is -0.398 e. The van der Waals surface area contributed by atoms with Crippen molar-refractivity contribution in [3.63, 3.8) is 0 Å². The molecule has 2 aliphatic carbocycles. The molecule has 250 valence electrons. The predicted molar refractivity (Wildman–Crippen MR) is 189 cm³/mol. The smallest absolute Gasteiger partial charge is 0.239 e. The third kappa shape index (κ3) is 7.65. The van der Waals surface area contributed by atoms with Crippen LogP contribution in [0.15, 0.2) is 72.8 Å². The van der Waals surface area contributed by atoms with E-state index in [9.17, 15) is 33.6 Å². The lowest BCUT2D eigenvalue weighted by molar-refractivity contribution is -0.114. The van der Waals surface area contributed by atoms with Gasteiger partial charge < -0.3 is 22.1 Å². The number of carbonyl (C=O) groups excluding carboxylic acids is 7. The summed E-state index contributed by atoms with van der Waals surface area (Å²) in [4.78, 5) is 83.4. The number of halogens is 4. The Morgan fingerprint density at radius 3 is 1.12 bits per heavy atom. The second-order valence-electron chi connectivity index (χ2n) is 10.2. The lowest BCUT2D eigenvalue weighted by Gasteiger charge is -2.22. The average Bonchev–Trinajstić information content (AvgIpc) is 3.09. The normalized spacial score (nSPS) is 12.1. The number of nitrogens with one attached hydrogen (secondary N) is 2. The Labute approximate surface area is 298 Å². The van der Waals surface area contributed by atoms with Gasteiger partial charge in [-0.3, -0.25) is 33.6 Å². The zero-order chi connectivity index (χ0) is 36.0. The average molecular weight is 742 g/mol. The molecule has 2 aliphatic rings. The summed E-state index contributed by atoms with van der Waals surface area (Å²) in [5.41, 5.74) is 14.3. The highest BCUT2D eigenvalue weighted by atomic mass is 35.5. The summed E-state index contributed by atoms with van der Waals surface area (Å²) >= 11 is 20.6. The number of amides is 2. The lowest BCUT2D eigenvalue weighted by Crippen LogP contribution is -2.26. The van der Waals surface area contributed by atoms with E-state index in [1.165, 1.54) is 24.3 Å². The van der Waals surface area contributed by atoms with Crippen LogP contribution in [-0.4, -0.2) is 57.8 Å². The quantitative estimate of drug-likeness (QED) is 0.101. The molecule has 2 amide bonds. The van der Waals surface area contributed by atoms with Gasteiger partial charge in [0, 0.05) is 33.6 Å². The van der Waals surface area contributed by atoms with E-state index in [2.05, 4.69) is 10.6 Å². The number of nitrogens with two attached hydrogens (primary N) is 2. The van der Waals surface area contributed by atoms with E-state index < -0.39 is 22.8 Å². The van der Waals surface area contributed by atoms with Gasteiger partial charge in [-0.05, 0) is 35.9 Å². The van der Waals surface area contributed by atoms with Crippen molar-refractivity contribution >= 4 is 109 Å². The molecule has 0 atom stereocenters. The largest absolute Gasteiger partial charge is 0.398 e. The van der Waals surface area contributed by atoms with Crippen LogP contribution in [0.4, 0.5) is 22.7 Å². The Morgan fingerprint density at radius 1 is 0.490 bits per heavy atom. The van der Waals surface area contributed by atoms with Crippen molar-refractivity contribution in [3.8, 4) is 0 Å². The van der Waals surface area contributed by atoms with Gasteiger partial charge in [-0.25, -0.2) is 0 Å². The van der Waals surface area contributed by atoms with Crippen LogP contribution in [0.2, 0.25) is 0 Å². The molecule has 0 bridgehead atoms. The van der Waals surface area contributed by atoms with Crippen molar-refractivity contribution < 1.29 is 33.6 Å². The third-order valence-electron chi connectivity index (χ3n) is 7.11. The number of benzene rings is 4. The third-order valence-corrected chi connectivity index (χ3v) is 8.10. The summed E-state index contributed by atoms with van der Waals surface area (Å²) in [5.74, 6) is -3.04. The Bertz CT molecular complexity index is 1940. The maximum absolute atomic E-state index is 13.1. The first-order chi connectivity index (χ1) is 23.4. The molecule has 6 N–H and O–H groups in total. The maximum Gasteiger partial charge on any atom is 0.239 e. The summed E-state index contributed by atoms with van der Waals surface area (Å²) in [6.45, 7) is 0. The second kappa shape index (κ2) is 15.9.